The Labute approximate surface area is 126 Å². The number of nitrogens with two attached hydrogens (primary N) is 1. The lowest BCUT2D eigenvalue weighted by molar-refractivity contribution is -0.125. The molecule has 0 aliphatic carbocycles. The summed E-state index contributed by atoms with van der Waals surface area (Å²) in [5.74, 6) is 0.0918. The monoisotopic (exact) mass is 288 g/mol. The highest BCUT2D eigenvalue weighted by Gasteiger charge is 2.40. The normalized spacial score (nSPS) is 23.9. The van der Waals surface area contributed by atoms with E-state index in [0.717, 1.165) is 19.4 Å². The van der Waals surface area contributed by atoms with Gasteiger partial charge in [-0.05, 0) is 44.7 Å². The minimum atomic E-state index is -0.274. The van der Waals surface area contributed by atoms with Crippen molar-refractivity contribution in [1.82, 2.24) is 4.90 Å². The van der Waals surface area contributed by atoms with E-state index in [4.69, 9.17) is 5.73 Å². The molecule has 0 saturated carbocycles. The van der Waals surface area contributed by atoms with Crippen LogP contribution >= 0.6 is 0 Å². The van der Waals surface area contributed by atoms with Gasteiger partial charge in [0, 0.05) is 12.5 Å². The number of nitrogens with zero attached hydrogens (tertiary/aromatic N) is 1. The molecule has 0 bridgehead atoms. The molecule has 114 valence electrons. The summed E-state index contributed by atoms with van der Waals surface area (Å²) in [6, 6.07) is 10.0. The molecule has 1 fully saturated rings. The largest absolute Gasteiger partial charge is 0.368 e. The van der Waals surface area contributed by atoms with E-state index in [9.17, 15) is 9.59 Å². The molecule has 1 aromatic rings. The minimum Gasteiger partial charge on any atom is -0.368 e. The molecule has 1 aliphatic heterocycles. The molecular formula is C17H24N2O2. The van der Waals surface area contributed by atoms with Crippen molar-refractivity contribution < 1.29 is 9.59 Å². The fourth-order valence-corrected chi connectivity index (χ4v) is 3.33. The van der Waals surface area contributed by atoms with Gasteiger partial charge in [-0.15, -0.1) is 0 Å². The lowest BCUT2D eigenvalue weighted by Gasteiger charge is -2.31. The van der Waals surface area contributed by atoms with Crippen LogP contribution in [0.4, 0.5) is 0 Å². The molecule has 0 unspecified atom stereocenters. The SMILES string of the molecule is CC(=O)CC[C@@H]1CCN([C@@H](C)c2ccccc2)[C@@H]1C(N)=O. The molecule has 4 nitrogen and oxygen atoms in total. The number of likely N-dealkylation sites (tertiary alicyclic amines) is 1. The second kappa shape index (κ2) is 6.85. The number of hydrogen-bond acceptors (Lipinski definition) is 3. The third-order valence-corrected chi connectivity index (χ3v) is 4.50. The Balaban J connectivity index is 2.12. The number of carbonyl (C=O) groups is 2. The Kier molecular flexibility index (Phi) is 5.12. The summed E-state index contributed by atoms with van der Waals surface area (Å²) in [7, 11) is 0. The van der Waals surface area contributed by atoms with Crippen LogP contribution < -0.4 is 5.73 Å². The van der Waals surface area contributed by atoms with E-state index in [2.05, 4.69) is 24.0 Å². The number of amides is 1. The van der Waals surface area contributed by atoms with Gasteiger partial charge in [0.1, 0.15) is 5.78 Å². The Bertz CT molecular complexity index is 501. The Hall–Kier alpha value is -1.68. The van der Waals surface area contributed by atoms with E-state index in [1.807, 2.05) is 18.2 Å². The van der Waals surface area contributed by atoms with Gasteiger partial charge >= 0.3 is 0 Å². The van der Waals surface area contributed by atoms with Crippen LogP contribution in [-0.2, 0) is 9.59 Å². The zero-order chi connectivity index (χ0) is 15.4. The molecule has 1 aromatic carbocycles. The maximum absolute atomic E-state index is 11.9. The molecule has 21 heavy (non-hydrogen) atoms. The van der Waals surface area contributed by atoms with Crippen molar-refractivity contribution in [2.24, 2.45) is 11.7 Å². The molecule has 0 spiro atoms. The number of primary amides is 1. The number of carbonyl (C=O) groups excluding carboxylic acids is 2. The summed E-state index contributed by atoms with van der Waals surface area (Å²) >= 11 is 0. The van der Waals surface area contributed by atoms with Crippen LogP contribution in [0.5, 0.6) is 0 Å². The molecule has 4 heteroatoms. The van der Waals surface area contributed by atoms with Gasteiger partial charge < -0.3 is 10.5 Å². The summed E-state index contributed by atoms with van der Waals surface area (Å²) in [6.45, 7) is 4.56. The first-order chi connectivity index (χ1) is 10.0. The second-order valence-electron chi connectivity index (χ2n) is 5.96. The van der Waals surface area contributed by atoms with E-state index < -0.39 is 0 Å². The molecular weight excluding hydrogens is 264 g/mol. The van der Waals surface area contributed by atoms with Crippen LogP contribution in [0, 0.1) is 5.92 Å². The predicted molar refractivity (Wildman–Crippen MR) is 82.6 cm³/mol. The summed E-state index contributed by atoms with van der Waals surface area (Å²) in [5.41, 5.74) is 6.83. The number of hydrogen-bond donors (Lipinski definition) is 1. The molecule has 0 radical (unpaired) electrons. The molecule has 0 aromatic heterocycles. The van der Waals surface area contributed by atoms with Gasteiger partial charge in [0.15, 0.2) is 0 Å². The maximum atomic E-state index is 11.9. The zero-order valence-electron chi connectivity index (χ0n) is 12.8. The molecule has 2 N–H and O–H groups in total. The Morgan fingerprint density at radius 2 is 2.00 bits per heavy atom. The Morgan fingerprint density at radius 1 is 1.33 bits per heavy atom. The van der Waals surface area contributed by atoms with E-state index in [1.54, 1.807) is 6.92 Å². The molecule has 1 aliphatic rings. The smallest absolute Gasteiger partial charge is 0.235 e. The standard InChI is InChI=1S/C17H24N2O2/c1-12(20)8-9-15-10-11-19(16(15)17(18)21)13(2)14-6-4-3-5-7-14/h3-7,13,15-16H,8-11H2,1-2H3,(H2,18,21)/t13-,15+,16-/m0/s1. The molecule has 3 atom stereocenters. The number of ketones is 1. The highest BCUT2D eigenvalue weighted by atomic mass is 16.1. The average Bonchev–Trinajstić information content (AvgIpc) is 2.89. The predicted octanol–water partition coefficient (Wildman–Crippen LogP) is 2.29. The van der Waals surface area contributed by atoms with Crippen LogP contribution in [-0.4, -0.2) is 29.2 Å². The molecule has 1 heterocycles. The molecule has 2 rings (SSSR count). The van der Waals surface area contributed by atoms with Crippen molar-refractivity contribution in [3.8, 4) is 0 Å². The Morgan fingerprint density at radius 3 is 2.57 bits per heavy atom. The molecule has 1 amide bonds. The van der Waals surface area contributed by atoms with E-state index in [1.165, 1.54) is 5.56 Å². The molecule has 1 saturated heterocycles. The maximum Gasteiger partial charge on any atom is 0.235 e. The summed E-state index contributed by atoms with van der Waals surface area (Å²) in [4.78, 5) is 25.3. The first kappa shape index (κ1) is 15.7. The topological polar surface area (TPSA) is 63.4 Å². The third kappa shape index (κ3) is 3.70. The van der Waals surface area contributed by atoms with Crippen LogP contribution in [0.25, 0.3) is 0 Å². The number of Topliss-reactive ketones (excluding diaryl/α,β-unsaturated/α-hetero) is 1. The van der Waals surface area contributed by atoms with Crippen molar-refractivity contribution in [2.45, 2.75) is 45.2 Å². The van der Waals surface area contributed by atoms with Gasteiger partial charge in [0.05, 0.1) is 6.04 Å². The lowest BCUT2D eigenvalue weighted by atomic mass is 9.93. The van der Waals surface area contributed by atoms with E-state index in [-0.39, 0.29) is 29.7 Å². The van der Waals surface area contributed by atoms with Crippen LogP contribution in [0.15, 0.2) is 30.3 Å². The van der Waals surface area contributed by atoms with Gasteiger partial charge in [0.25, 0.3) is 0 Å². The first-order valence-electron chi connectivity index (χ1n) is 7.60. The fourth-order valence-electron chi connectivity index (χ4n) is 3.33. The summed E-state index contributed by atoms with van der Waals surface area (Å²) < 4.78 is 0. The number of rotatable bonds is 6. The van der Waals surface area contributed by atoms with Crippen molar-refractivity contribution in [2.75, 3.05) is 6.54 Å². The van der Waals surface area contributed by atoms with Gasteiger partial charge in [-0.1, -0.05) is 30.3 Å². The lowest BCUT2D eigenvalue weighted by Crippen LogP contribution is -2.44. The first-order valence-corrected chi connectivity index (χ1v) is 7.60. The van der Waals surface area contributed by atoms with E-state index in [0.29, 0.717) is 6.42 Å². The van der Waals surface area contributed by atoms with Gasteiger partial charge in [0.2, 0.25) is 5.91 Å². The summed E-state index contributed by atoms with van der Waals surface area (Å²) in [5, 5.41) is 0. The van der Waals surface area contributed by atoms with Crippen molar-refractivity contribution in [1.29, 1.82) is 0 Å². The van der Waals surface area contributed by atoms with Crippen molar-refractivity contribution >= 4 is 11.7 Å². The summed E-state index contributed by atoms with van der Waals surface area (Å²) in [6.07, 6.45) is 2.21. The second-order valence-corrected chi connectivity index (χ2v) is 5.96. The van der Waals surface area contributed by atoms with Gasteiger partial charge in [-0.2, -0.15) is 0 Å². The zero-order valence-corrected chi connectivity index (χ0v) is 12.8. The fraction of sp³-hybridized carbons (Fsp3) is 0.529. The minimum absolute atomic E-state index is 0.158. The quantitative estimate of drug-likeness (QED) is 0.873. The van der Waals surface area contributed by atoms with Crippen LogP contribution in [0.3, 0.4) is 0 Å². The highest BCUT2D eigenvalue weighted by Crippen LogP contribution is 2.34. The number of benzene rings is 1. The highest BCUT2D eigenvalue weighted by molar-refractivity contribution is 5.81. The van der Waals surface area contributed by atoms with Crippen molar-refractivity contribution in [3.63, 3.8) is 0 Å². The third-order valence-electron chi connectivity index (χ3n) is 4.50. The van der Waals surface area contributed by atoms with E-state index >= 15 is 0 Å². The van der Waals surface area contributed by atoms with Crippen LogP contribution in [0.1, 0.15) is 44.7 Å². The van der Waals surface area contributed by atoms with Crippen molar-refractivity contribution in [3.05, 3.63) is 35.9 Å². The average molecular weight is 288 g/mol. The van der Waals surface area contributed by atoms with Gasteiger partial charge in [-0.3, -0.25) is 9.69 Å². The van der Waals surface area contributed by atoms with Gasteiger partial charge in [-0.25, -0.2) is 0 Å². The van der Waals surface area contributed by atoms with Crippen LogP contribution in [0.2, 0.25) is 0 Å².